The lowest BCUT2D eigenvalue weighted by Crippen LogP contribution is -2.40. The first kappa shape index (κ1) is 16.1. The van der Waals surface area contributed by atoms with Crippen molar-refractivity contribution in [1.82, 2.24) is 0 Å². The Kier molecular flexibility index (Phi) is 3.80. The molecule has 0 saturated carbocycles. The molecule has 1 spiro atoms. The molecule has 4 rings (SSSR count). The van der Waals surface area contributed by atoms with Crippen molar-refractivity contribution in [3.8, 4) is 5.75 Å². The van der Waals surface area contributed by atoms with Gasteiger partial charge in [-0.2, -0.15) is 0 Å². The van der Waals surface area contributed by atoms with E-state index < -0.39 is 17.4 Å². The molecule has 2 saturated heterocycles. The number of methoxy groups -OCH3 is 1. The summed E-state index contributed by atoms with van der Waals surface area (Å²) < 4.78 is 16.5. The van der Waals surface area contributed by atoms with Gasteiger partial charge in [-0.05, 0) is 30.7 Å². The van der Waals surface area contributed by atoms with E-state index in [4.69, 9.17) is 14.2 Å². The Morgan fingerprint density at radius 1 is 1.36 bits per heavy atom. The van der Waals surface area contributed by atoms with Crippen LogP contribution in [0.2, 0.25) is 0 Å². The maximum Gasteiger partial charge on any atom is 0.312 e. The first-order valence-electron chi connectivity index (χ1n) is 8.59. The van der Waals surface area contributed by atoms with Gasteiger partial charge in [0.05, 0.1) is 32.3 Å². The zero-order valence-corrected chi connectivity index (χ0v) is 14.3. The van der Waals surface area contributed by atoms with Crippen molar-refractivity contribution in [2.45, 2.75) is 25.0 Å². The molecular formula is C19H21NO5. The van der Waals surface area contributed by atoms with Gasteiger partial charge in [-0.25, -0.2) is 0 Å². The van der Waals surface area contributed by atoms with Gasteiger partial charge in [0.2, 0.25) is 5.91 Å². The molecule has 0 N–H and O–H groups in total. The molecule has 2 fully saturated rings. The second-order valence-electron chi connectivity index (χ2n) is 6.69. The first-order valence-corrected chi connectivity index (χ1v) is 8.59. The van der Waals surface area contributed by atoms with E-state index in [1.807, 2.05) is 43.3 Å². The summed E-state index contributed by atoms with van der Waals surface area (Å²) in [6.45, 7) is 2.72. The van der Waals surface area contributed by atoms with Gasteiger partial charge >= 0.3 is 5.97 Å². The van der Waals surface area contributed by atoms with Crippen LogP contribution < -0.4 is 9.64 Å². The van der Waals surface area contributed by atoms with E-state index in [1.54, 1.807) is 12.0 Å². The first-order chi connectivity index (χ1) is 12.1. The lowest BCUT2D eigenvalue weighted by molar-refractivity contribution is -0.152. The summed E-state index contributed by atoms with van der Waals surface area (Å²) in [5.74, 6) is -0.781. The van der Waals surface area contributed by atoms with Crippen molar-refractivity contribution in [2.24, 2.45) is 11.8 Å². The highest BCUT2D eigenvalue weighted by Gasteiger charge is 2.67. The van der Waals surface area contributed by atoms with Gasteiger partial charge in [-0.1, -0.05) is 19.1 Å². The number of nitrogens with zero attached hydrogens (tertiary/aromatic N) is 1. The molecule has 1 aromatic carbocycles. The predicted molar refractivity (Wildman–Crippen MR) is 90.3 cm³/mol. The summed E-state index contributed by atoms with van der Waals surface area (Å²) in [5.41, 5.74) is 0.0492. The number of hydrogen-bond acceptors (Lipinski definition) is 5. The molecular weight excluding hydrogens is 322 g/mol. The van der Waals surface area contributed by atoms with E-state index in [0.29, 0.717) is 13.2 Å². The number of hydrogen-bond donors (Lipinski definition) is 0. The maximum atomic E-state index is 13.1. The molecule has 0 aromatic heterocycles. The molecule has 1 amide bonds. The quantitative estimate of drug-likeness (QED) is 0.604. The molecule has 6 nitrogen and oxygen atoms in total. The third-order valence-electron chi connectivity index (χ3n) is 5.21. The Bertz CT molecular complexity index is 728. The van der Waals surface area contributed by atoms with E-state index in [0.717, 1.165) is 17.9 Å². The molecule has 2 bridgehead atoms. The Balaban J connectivity index is 1.61. The van der Waals surface area contributed by atoms with Crippen LogP contribution in [-0.2, 0) is 19.1 Å². The molecule has 0 aliphatic carbocycles. The summed E-state index contributed by atoms with van der Waals surface area (Å²) >= 11 is 0. The monoisotopic (exact) mass is 343 g/mol. The fourth-order valence-electron chi connectivity index (χ4n) is 4.05. The summed E-state index contributed by atoms with van der Waals surface area (Å²) in [4.78, 5) is 27.3. The van der Waals surface area contributed by atoms with Gasteiger partial charge in [-0.15, -0.1) is 0 Å². The van der Waals surface area contributed by atoms with Gasteiger partial charge < -0.3 is 19.1 Å². The van der Waals surface area contributed by atoms with Crippen molar-refractivity contribution in [3.05, 3.63) is 36.4 Å². The number of anilines is 1. The number of fused-ring (bicyclic) bond motifs is 1. The molecule has 4 atom stereocenters. The average molecular weight is 343 g/mol. The number of ether oxygens (including phenoxy) is 3. The number of carbonyl (C=O) groups excluding carboxylic acids is 2. The minimum absolute atomic E-state index is 0.0875. The molecule has 3 aliphatic heterocycles. The fourth-order valence-corrected chi connectivity index (χ4v) is 4.05. The molecule has 3 heterocycles. The summed E-state index contributed by atoms with van der Waals surface area (Å²) in [7, 11) is 1.60. The van der Waals surface area contributed by atoms with Crippen LogP contribution in [0.15, 0.2) is 36.4 Å². The summed E-state index contributed by atoms with van der Waals surface area (Å²) in [6.07, 6.45) is 4.21. The third-order valence-corrected chi connectivity index (χ3v) is 5.21. The Hall–Kier alpha value is -2.34. The molecule has 3 aliphatic rings. The van der Waals surface area contributed by atoms with Crippen molar-refractivity contribution in [1.29, 1.82) is 0 Å². The van der Waals surface area contributed by atoms with Crippen molar-refractivity contribution >= 4 is 17.6 Å². The SMILES string of the molecule is CCCOC(=O)[C@H]1[C@@H]2C=C[C@]3(CN(c4ccc(OC)cc4)C(=O)[C@H]13)O2. The van der Waals surface area contributed by atoms with Crippen LogP contribution in [0.3, 0.4) is 0 Å². The number of rotatable bonds is 5. The Morgan fingerprint density at radius 3 is 2.80 bits per heavy atom. The second kappa shape index (κ2) is 5.88. The van der Waals surface area contributed by atoms with Gasteiger partial charge in [0.25, 0.3) is 0 Å². The van der Waals surface area contributed by atoms with Crippen molar-refractivity contribution in [3.63, 3.8) is 0 Å². The van der Waals surface area contributed by atoms with Crippen LogP contribution in [0.5, 0.6) is 5.75 Å². The van der Waals surface area contributed by atoms with Crippen LogP contribution in [0.4, 0.5) is 5.69 Å². The third kappa shape index (κ3) is 2.35. The minimum atomic E-state index is -0.725. The van der Waals surface area contributed by atoms with E-state index in [1.165, 1.54) is 0 Å². The molecule has 6 heteroatoms. The average Bonchev–Trinajstić information content (AvgIpc) is 3.28. The smallest absolute Gasteiger partial charge is 0.312 e. The Morgan fingerprint density at radius 2 is 2.12 bits per heavy atom. The van der Waals surface area contributed by atoms with Crippen LogP contribution >= 0.6 is 0 Å². The topological polar surface area (TPSA) is 65.1 Å². The highest BCUT2D eigenvalue weighted by molar-refractivity contribution is 6.02. The minimum Gasteiger partial charge on any atom is -0.497 e. The van der Waals surface area contributed by atoms with Gasteiger partial charge in [0.1, 0.15) is 17.3 Å². The zero-order chi connectivity index (χ0) is 17.6. The van der Waals surface area contributed by atoms with Crippen LogP contribution in [0.25, 0.3) is 0 Å². The van der Waals surface area contributed by atoms with E-state index >= 15 is 0 Å². The van der Waals surface area contributed by atoms with Crippen LogP contribution in [0, 0.1) is 11.8 Å². The predicted octanol–water partition coefficient (Wildman–Crippen LogP) is 1.93. The van der Waals surface area contributed by atoms with Crippen LogP contribution in [0.1, 0.15) is 13.3 Å². The zero-order valence-electron chi connectivity index (χ0n) is 14.3. The standard InChI is InChI=1S/C19H21NO5/c1-3-10-24-18(22)15-14-8-9-19(25-14)11-20(17(21)16(15)19)12-4-6-13(23-2)7-5-12/h4-9,14-16H,3,10-11H2,1-2H3/t14-,15-,16-,19+/m0/s1. The van der Waals surface area contributed by atoms with E-state index in [2.05, 4.69) is 0 Å². The maximum absolute atomic E-state index is 13.1. The molecule has 0 radical (unpaired) electrons. The van der Waals surface area contributed by atoms with Gasteiger partial charge in [0.15, 0.2) is 0 Å². The summed E-state index contributed by atoms with van der Waals surface area (Å²) in [6, 6.07) is 7.31. The van der Waals surface area contributed by atoms with Gasteiger partial charge in [-0.3, -0.25) is 9.59 Å². The number of amides is 1. The van der Waals surface area contributed by atoms with Crippen LogP contribution in [-0.4, -0.2) is 43.8 Å². The largest absolute Gasteiger partial charge is 0.497 e. The van der Waals surface area contributed by atoms with Crippen molar-refractivity contribution < 1.29 is 23.8 Å². The molecule has 132 valence electrons. The van der Waals surface area contributed by atoms with E-state index in [-0.39, 0.29) is 18.0 Å². The summed E-state index contributed by atoms with van der Waals surface area (Å²) in [5, 5.41) is 0. The van der Waals surface area contributed by atoms with Gasteiger partial charge in [0, 0.05) is 5.69 Å². The van der Waals surface area contributed by atoms with Crippen molar-refractivity contribution in [2.75, 3.05) is 25.2 Å². The second-order valence-corrected chi connectivity index (χ2v) is 6.69. The molecule has 0 unspecified atom stereocenters. The lowest BCUT2D eigenvalue weighted by atomic mass is 9.77. The highest BCUT2D eigenvalue weighted by atomic mass is 16.6. The molecule has 25 heavy (non-hydrogen) atoms. The molecule has 1 aromatic rings. The fraction of sp³-hybridized carbons (Fsp3) is 0.474. The number of esters is 1. The normalized spacial score (nSPS) is 32.2. The Labute approximate surface area is 146 Å². The number of benzene rings is 1. The van der Waals surface area contributed by atoms with E-state index in [9.17, 15) is 9.59 Å². The number of carbonyl (C=O) groups is 2. The highest BCUT2D eigenvalue weighted by Crippen LogP contribution is 2.52. The lowest BCUT2D eigenvalue weighted by Gasteiger charge is -2.22.